The molecule has 0 aliphatic heterocycles. The van der Waals surface area contributed by atoms with E-state index in [0.29, 0.717) is 12.0 Å². The number of phenolic OH excluding ortho intramolecular Hbond substituents is 1. The lowest BCUT2D eigenvalue weighted by atomic mass is 10.1. The number of rotatable bonds is 5. The number of guanidine groups is 1. The maximum Gasteiger partial charge on any atom is 0.196 e. The maximum atomic E-state index is 9.35. The Morgan fingerprint density at radius 2 is 1.90 bits per heavy atom. The van der Waals surface area contributed by atoms with E-state index in [1.807, 2.05) is 12.1 Å². The third-order valence-electron chi connectivity index (χ3n) is 3.80. The first-order valence-corrected chi connectivity index (χ1v) is 8.00. The van der Waals surface area contributed by atoms with Gasteiger partial charge in [-0.2, -0.15) is 0 Å². The Hall–Kier alpha value is -1.71. The number of benzene rings is 1. The molecule has 0 saturated heterocycles. The van der Waals surface area contributed by atoms with E-state index in [1.165, 1.54) is 25.7 Å². The summed E-state index contributed by atoms with van der Waals surface area (Å²) >= 11 is 0. The van der Waals surface area contributed by atoms with Gasteiger partial charge in [0.25, 0.3) is 0 Å². The molecule has 1 saturated carbocycles. The van der Waals surface area contributed by atoms with Crippen molar-refractivity contribution in [2.24, 2.45) is 10.9 Å². The standard InChI is InChI=1S/C17H27N3O/c1-13(2)11-12-18-17(19-14-5-3-4-6-14)20-15-7-9-16(21)10-8-15/h7-10,13-14,21H,3-6,11-12H2,1-2H3,(H2,18,19,20). The van der Waals surface area contributed by atoms with Gasteiger partial charge in [0.1, 0.15) is 5.75 Å². The van der Waals surface area contributed by atoms with Gasteiger partial charge in [-0.05, 0) is 49.4 Å². The van der Waals surface area contributed by atoms with E-state index in [2.05, 4.69) is 29.5 Å². The second kappa shape index (κ2) is 7.91. The van der Waals surface area contributed by atoms with Crippen LogP contribution < -0.4 is 10.6 Å². The largest absolute Gasteiger partial charge is 0.508 e. The van der Waals surface area contributed by atoms with E-state index in [-0.39, 0.29) is 5.75 Å². The third kappa shape index (κ3) is 5.66. The van der Waals surface area contributed by atoms with Gasteiger partial charge in [0.05, 0.1) is 0 Å². The molecule has 0 unspecified atom stereocenters. The Morgan fingerprint density at radius 3 is 2.52 bits per heavy atom. The number of hydrogen-bond acceptors (Lipinski definition) is 2. The van der Waals surface area contributed by atoms with Gasteiger partial charge in [0.2, 0.25) is 0 Å². The molecule has 0 heterocycles. The van der Waals surface area contributed by atoms with E-state index in [9.17, 15) is 5.11 Å². The second-order valence-electron chi connectivity index (χ2n) is 6.21. The van der Waals surface area contributed by atoms with Gasteiger partial charge in [0, 0.05) is 18.3 Å². The van der Waals surface area contributed by atoms with Crippen LogP contribution in [0.1, 0.15) is 46.0 Å². The van der Waals surface area contributed by atoms with Crippen molar-refractivity contribution in [3.05, 3.63) is 24.3 Å². The lowest BCUT2D eigenvalue weighted by Crippen LogP contribution is -2.38. The van der Waals surface area contributed by atoms with E-state index < -0.39 is 0 Å². The molecule has 3 N–H and O–H groups in total. The van der Waals surface area contributed by atoms with Crippen LogP contribution in [0.15, 0.2) is 29.3 Å². The summed E-state index contributed by atoms with van der Waals surface area (Å²) in [5, 5.41) is 16.2. The van der Waals surface area contributed by atoms with Crippen LogP contribution >= 0.6 is 0 Å². The number of hydrogen-bond donors (Lipinski definition) is 3. The first kappa shape index (κ1) is 15.7. The van der Waals surface area contributed by atoms with Crippen molar-refractivity contribution < 1.29 is 5.11 Å². The summed E-state index contributed by atoms with van der Waals surface area (Å²) in [6.07, 6.45) is 6.14. The molecule has 0 radical (unpaired) electrons. The molecule has 0 atom stereocenters. The Morgan fingerprint density at radius 1 is 1.24 bits per heavy atom. The first-order valence-electron chi connectivity index (χ1n) is 8.00. The monoisotopic (exact) mass is 289 g/mol. The summed E-state index contributed by atoms with van der Waals surface area (Å²) in [6, 6.07) is 7.63. The Labute approximate surface area is 127 Å². The van der Waals surface area contributed by atoms with Crippen molar-refractivity contribution in [1.82, 2.24) is 5.32 Å². The molecule has 0 spiro atoms. The molecule has 1 aliphatic carbocycles. The highest BCUT2D eigenvalue weighted by Gasteiger charge is 2.16. The minimum atomic E-state index is 0.280. The fourth-order valence-electron chi connectivity index (χ4n) is 2.50. The number of phenols is 1. The fraction of sp³-hybridized carbons (Fsp3) is 0.588. The number of anilines is 1. The van der Waals surface area contributed by atoms with E-state index in [0.717, 1.165) is 24.6 Å². The van der Waals surface area contributed by atoms with Crippen LogP contribution in [0.2, 0.25) is 0 Å². The molecular weight excluding hydrogens is 262 g/mol. The van der Waals surface area contributed by atoms with Crippen LogP contribution in [-0.4, -0.2) is 23.7 Å². The normalized spacial score (nSPS) is 16.4. The topological polar surface area (TPSA) is 56.7 Å². The molecular formula is C17H27N3O. The summed E-state index contributed by atoms with van der Waals surface area (Å²) in [7, 11) is 0. The fourth-order valence-corrected chi connectivity index (χ4v) is 2.50. The van der Waals surface area contributed by atoms with Crippen molar-refractivity contribution in [2.75, 3.05) is 11.9 Å². The van der Waals surface area contributed by atoms with Gasteiger partial charge < -0.3 is 15.7 Å². The highest BCUT2D eigenvalue weighted by molar-refractivity contribution is 5.93. The molecule has 21 heavy (non-hydrogen) atoms. The molecule has 0 aromatic heterocycles. The number of aromatic hydroxyl groups is 1. The number of nitrogens with zero attached hydrogens (tertiary/aromatic N) is 1. The van der Waals surface area contributed by atoms with Gasteiger partial charge in [-0.3, -0.25) is 4.99 Å². The van der Waals surface area contributed by atoms with Crippen molar-refractivity contribution in [1.29, 1.82) is 0 Å². The zero-order chi connectivity index (χ0) is 15.1. The quantitative estimate of drug-likeness (QED) is 0.440. The molecule has 0 amide bonds. The SMILES string of the molecule is CC(C)CCN=C(Nc1ccc(O)cc1)NC1CCCC1. The number of aliphatic imine (C=N–C) groups is 1. The molecule has 0 bridgehead atoms. The molecule has 1 aromatic carbocycles. The van der Waals surface area contributed by atoms with Crippen molar-refractivity contribution in [2.45, 2.75) is 52.0 Å². The molecule has 1 aliphatic rings. The maximum absolute atomic E-state index is 9.35. The number of nitrogens with one attached hydrogen (secondary N) is 2. The lowest BCUT2D eigenvalue weighted by Gasteiger charge is -2.17. The Bertz CT molecular complexity index is 448. The molecule has 1 fully saturated rings. The highest BCUT2D eigenvalue weighted by Crippen LogP contribution is 2.18. The smallest absolute Gasteiger partial charge is 0.196 e. The minimum absolute atomic E-state index is 0.280. The van der Waals surface area contributed by atoms with Gasteiger partial charge in [-0.25, -0.2) is 0 Å². The summed E-state index contributed by atoms with van der Waals surface area (Å²) in [5.74, 6) is 1.80. The Kier molecular flexibility index (Phi) is 5.90. The average Bonchev–Trinajstić information content (AvgIpc) is 2.94. The van der Waals surface area contributed by atoms with E-state index in [1.54, 1.807) is 12.1 Å². The van der Waals surface area contributed by atoms with Gasteiger partial charge in [-0.1, -0.05) is 26.7 Å². The second-order valence-corrected chi connectivity index (χ2v) is 6.21. The summed E-state index contributed by atoms with van der Waals surface area (Å²) in [5.41, 5.74) is 0.946. The average molecular weight is 289 g/mol. The molecule has 116 valence electrons. The lowest BCUT2D eigenvalue weighted by molar-refractivity contribution is 0.475. The summed E-state index contributed by atoms with van der Waals surface area (Å²) < 4.78 is 0. The van der Waals surface area contributed by atoms with E-state index in [4.69, 9.17) is 0 Å². The summed E-state index contributed by atoms with van der Waals surface area (Å²) in [4.78, 5) is 4.68. The van der Waals surface area contributed by atoms with Gasteiger partial charge in [0.15, 0.2) is 5.96 Å². The zero-order valence-corrected chi connectivity index (χ0v) is 13.1. The van der Waals surface area contributed by atoms with Crippen LogP contribution in [0, 0.1) is 5.92 Å². The van der Waals surface area contributed by atoms with Crippen LogP contribution in [0.25, 0.3) is 0 Å². The van der Waals surface area contributed by atoms with Gasteiger partial charge in [-0.15, -0.1) is 0 Å². The van der Waals surface area contributed by atoms with Crippen molar-refractivity contribution in [3.63, 3.8) is 0 Å². The van der Waals surface area contributed by atoms with Crippen LogP contribution in [0.4, 0.5) is 5.69 Å². The van der Waals surface area contributed by atoms with Crippen molar-refractivity contribution in [3.8, 4) is 5.75 Å². The molecule has 2 rings (SSSR count). The summed E-state index contributed by atoms with van der Waals surface area (Å²) in [6.45, 7) is 5.26. The minimum Gasteiger partial charge on any atom is -0.508 e. The van der Waals surface area contributed by atoms with E-state index >= 15 is 0 Å². The van der Waals surface area contributed by atoms with Gasteiger partial charge >= 0.3 is 0 Å². The van der Waals surface area contributed by atoms with Crippen LogP contribution in [0.3, 0.4) is 0 Å². The third-order valence-corrected chi connectivity index (χ3v) is 3.80. The molecule has 4 nitrogen and oxygen atoms in total. The molecule has 4 heteroatoms. The highest BCUT2D eigenvalue weighted by atomic mass is 16.3. The Balaban J connectivity index is 1.97. The van der Waals surface area contributed by atoms with Crippen LogP contribution in [-0.2, 0) is 0 Å². The molecule has 1 aromatic rings. The van der Waals surface area contributed by atoms with Crippen molar-refractivity contribution >= 4 is 11.6 Å². The van der Waals surface area contributed by atoms with Crippen LogP contribution in [0.5, 0.6) is 5.75 Å². The predicted molar refractivity (Wildman–Crippen MR) is 88.9 cm³/mol. The zero-order valence-electron chi connectivity index (χ0n) is 13.1. The first-order chi connectivity index (χ1) is 10.1. The predicted octanol–water partition coefficient (Wildman–Crippen LogP) is 3.74.